The second kappa shape index (κ2) is 5.87. The van der Waals surface area contributed by atoms with Gasteiger partial charge in [0, 0.05) is 6.54 Å². The van der Waals surface area contributed by atoms with Crippen LogP contribution in [-0.2, 0) is 0 Å². The fourth-order valence-corrected chi connectivity index (χ4v) is 1.41. The van der Waals surface area contributed by atoms with Crippen molar-refractivity contribution in [2.24, 2.45) is 0 Å². The summed E-state index contributed by atoms with van der Waals surface area (Å²) >= 11 is 3.29. The predicted molar refractivity (Wildman–Crippen MR) is 63.5 cm³/mol. The molecule has 0 bridgehead atoms. The monoisotopic (exact) mass is 274 g/mol. The summed E-state index contributed by atoms with van der Waals surface area (Å²) < 4.78 is 0.663. The molecule has 15 heavy (non-hydrogen) atoms. The van der Waals surface area contributed by atoms with E-state index in [0.29, 0.717) is 29.1 Å². The van der Waals surface area contributed by atoms with E-state index in [4.69, 9.17) is 5.73 Å². The van der Waals surface area contributed by atoms with Crippen LogP contribution in [0.4, 0.5) is 11.6 Å². The van der Waals surface area contributed by atoms with Crippen molar-refractivity contribution in [3.63, 3.8) is 0 Å². The van der Waals surface area contributed by atoms with E-state index in [1.807, 2.05) is 6.92 Å². The van der Waals surface area contributed by atoms with Crippen LogP contribution in [0.2, 0.25) is 0 Å². The first-order chi connectivity index (χ1) is 7.15. The van der Waals surface area contributed by atoms with Crippen LogP contribution in [0.15, 0.2) is 10.8 Å². The van der Waals surface area contributed by atoms with Gasteiger partial charge in [-0.25, -0.2) is 9.97 Å². The summed E-state index contributed by atoms with van der Waals surface area (Å²) in [6, 6.07) is 0. The third-order valence-electron chi connectivity index (χ3n) is 2.06. The fraction of sp³-hybridized carbons (Fsp3) is 0.556. The molecular weight excluding hydrogens is 260 g/mol. The number of halogens is 1. The number of nitrogen functional groups attached to an aromatic ring is 1. The van der Waals surface area contributed by atoms with E-state index >= 15 is 0 Å². The van der Waals surface area contributed by atoms with Crippen molar-refractivity contribution in [1.82, 2.24) is 9.97 Å². The highest BCUT2D eigenvalue weighted by molar-refractivity contribution is 9.10. The topological polar surface area (TPSA) is 84.1 Å². The van der Waals surface area contributed by atoms with Crippen molar-refractivity contribution >= 4 is 27.6 Å². The summed E-state index contributed by atoms with van der Waals surface area (Å²) in [7, 11) is 0. The summed E-state index contributed by atoms with van der Waals surface area (Å²) in [5, 5.41) is 12.4. The number of nitrogens with two attached hydrogens (primary N) is 1. The molecule has 0 fully saturated rings. The van der Waals surface area contributed by atoms with Gasteiger partial charge in [-0.2, -0.15) is 0 Å². The molecule has 0 saturated carbocycles. The first-order valence-corrected chi connectivity index (χ1v) is 5.62. The van der Waals surface area contributed by atoms with Crippen molar-refractivity contribution in [2.45, 2.75) is 25.9 Å². The molecule has 1 unspecified atom stereocenters. The van der Waals surface area contributed by atoms with E-state index < -0.39 is 0 Å². The summed E-state index contributed by atoms with van der Waals surface area (Å²) in [5.41, 5.74) is 5.59. The predicted octanol–water partition coefficient (Wildman–Crippen LogP) is 1.39. The number of aliphatic hydroxyl groups is 1. The average Bonchev–Trinajstić information content (AvgIpc) is 2.24. The number of aromatic nitrogens is 2. The Labute approximate surface area is 97.2 Å². The maximum Gasteiger partial charge on any atom is 0.145 e. The lowest BCUT2D eigenvalue weighted by Crippen LogP contribution is -2.13. The first-order valence-electron chi connectivity index (χ1n) is 4.83. The largest absolute Gasteiger partial charge is 0.393 e. The minimum absolute atomic E-state index is 0.268. The van der Waals surface area contributed by atoms with E-state index in [0.717, 1.165) is 6.42 Å². The molecular formula is C9H15BrN4O. The highest BCUT2D eigenvalue weighted by atomic mass is 79.9. The summed E-state index contributed by atoms with van der Waals surface area (Å²) in [6.45, 7) is 2.60. The van der Waals surface area contributed by atoms with Gasteiger partial charge < -0.3 is 16.2 Å². The van der Waals surface area contributed by atoms with Gasteiger partial charge >= 0.3 is 0 Å². The van der Waals surface area contributed by atoms with Crippen LogP contribution in [0.3, 0.4) is 0 Å². The summed E-state index contributed by atoms with van der Waals surface area (Å²) in [4.78, 5) is 7.86. The van der Waals surface area contributed by atoms with Crippen molar-refractivity contribution in [3.8, 4) is 0 Å². The first kappa shape index (κ1) is 12.2. The van der Waals surface area contributed by atoms with E-state index in [-0.39, 0.29) is 6.10 Å². The van der Waals surface area contributed by atoms with Crippen molar-refractivity contribution in [3.05, 3.63) is 10.8 Å². The fourth-order valence-electron chi connectivity index (χ4n) is 1.07. The zero-order valence-corrected chi connectivity index (χ0v) is 10.2. The van der Waals surface area contributed by atoms with Gasteiger partial charge in [0.2, 0.25) is 0 Å². The minimum atomic E-state index is -0.268. The van der Waals surface area contributed by atoms with Crippen LogP contribution in [0.25, 0.3) is 0 Å². The lowest BCUT2D eigenvalue weighted by molar-refractivity contribution is 0.164. The molecule has 1 aromatic rings. The molecule has 0 spiro atoms. The van der Waals surface area contributed by atoms with E-state index in [1.165, 1.54) is 6.33 Å². The third-order valence-corrected chi connectivity index (χ3v) is 2.84. The number of aliphatic hydroxyl groups excluding tert-OH is 1. The van der Waals surface area contributed by atoms with Crippen LogP contribution in [0, 0.1) is 0 Å². The van der Waals surface area contributed by atoms with Crippen LogP contribution < -0.4 is 11.1 Å². The number of nitrogens with one attached hydrogen (secondary N) is 1. The molecule has 0 aromatic carbocycles. The Morgan fingerprint density at radius 2 is 2.33 bits per heavy atom. The van der Waals surface area contributed by atoms with Gasteiger partial charge in [-0.05, 0) is 28.8 Å². The lowest BCUT2D eigenvalue weighted by Gasteiger charge is -2.10. The Kier molecular flexibility index (Phi) is 4.77. The molecule has 84 valence electrons. The molecule has 1 rings (SSSR count). The lowest BCUT2D eigenvalue weighted by atomic mass is 10.2. The number of rotatable bonds is 5. The number of anilines is 2. The summed E-state index contributed by atoms with van der Waals surface area (Å²) in [5.74, 6) is 1.06. The van der Waals surface area contributed by atoms with Crippen LogP contribution in [-0.4, -0.2) is 27.7 Å². The Bertz CT molecular complexity index is 321. The Morgan fingerprint density at radius 1 is 1.60 bits per heavy atom. The second-order valence-electron chi connectivity index (χ2n) is 3.20. The average molecular weight is 275 g/mol. The SMILES string of the molecule is CCC(O)CCNc1ncnc(N)c1Br. The molecule has 0 saturated heterocycles. The Morgan fingerprint density at radius 3 is 3.00 bits per heavy atom. The van der Waals surface area contributed by atoms with Crippen molar-refractivity contribution < 1.29 is 5.11 Å². The Hall–Kier alpha value is -0.880. The highest BCUT2D eigenvalue weighted by Crippen LogP contribution is 2.23. The molecule has 0 radical (unpaired) electrons. The van der Waals surface area contributed by atoms with Gasteiger partial charge in [-0.3, -0.25) is 0 Å². The number of hydrogen-bond donors (Lipinski definition) is 3. The zero-order valence-electron chi connectivity index (χ0n) is 8.57. The Balaban J connectivity index is 2.47. The van der Waals surface area contributed by atoms with Crippen molar-refractivity contribution in [1.29, 1.82) is 0 Å². The van der Waals surface area contributed by atoms with Gasteiger partial charge in [0.15, 0.2) is 0 Å². The van der Waals surface area contributed by atoms with Crippen molar-refractivity contribution in [2.75, 3.05) is 17.6 Å². The molecule has 1 atom stereocenters. The van der Waals surface area contributed by atoms with Gasteiger partial charge in [-0.15, -0.1) is 0 Å². The number of hydrogen-bond acceptors (Lipinski definition) is 5. The van der Waals surface area contributed by atoms with Gasteiger partial charge in [0.25, 0.3) is 0 Å². The molecule has 1 heterocycles. The third kappa shape index (κ3) is 3.64. The maximum absolute atomic E-state index is 9.35. The summed E-state index contributed by atoms with van der Waals surface area (Å²) in [6.07, 6.45) is 2.58. The molecule has 0 aliphatic heterocycles. The highest BCUT2D eigenvalue weighted by Gasteiger charge is 2.06. The van der Waals surface area contributed by atoms with E-state index in [2.05, 4.69) is 31.2 Å². The molecule has 0 amide bonds. The second-order valence-corrected chi connectivity index (χ2v) is 3.99. The van der Waals surface area contributed by atoms with Gasteiger partial charge in [-0.1, -0.05) is 6.92 Å². The molecule has 5 nitrogen and oxygen atoms in total. The van der Waals surface area contributed by atoms with Crippen LogP contribution in [0.1, 0.15) is 19.8 Å². The smallest absolute Gasteiger partial charge is 0.145 e. The van der Waals surface area contributed by atoms with Crippen LogP contribution in [0.5, 0.6) is 0 Å². The van der Waals surface area contributed by atoms with Gasteiger partial charge in [0.05, 0.1) is 6.10 Å². The molecule has 6 heteroatoms. The maximum atomic E-state index is 9.35. The molecule has 0 aliphatic rings. The standard InChI is InChI=1S/C9H15BrN4O/c1-2-6(15)3-4-12-9-7(10)8(11)13-5-14-9/h5-6,15H,2-4H2,1H3,(H3,11,12,13,14). The van der Waals surface area contributed by atoms with Crippen LogP contribution >= 0.6 is 15.9 Å². The quantitative estimate of drug-likeness (QED) is 0.756. The molecule has 0 aliphatic carbocycles. The zero-order chi connectivity index (χ0) is 11.3. The number of nitrogens with zero attached hydrogens (tertiary/aromatic N) is 2. The molecule has 4 N–H and O–H groups in total. The normalized spacial score (nSPS) is 12.5. The van der Waals surface area contributed by atoms with E-state index in [9.17, 15) is 5.11 Å². The van der Waals surface area contributed by atoms with Gasteiger partial charge in [0.1, 0.15) is 22.4 Å². The minimum Gasteiger partial charge on any atom is -0.393 e. The van der Waals surface area contributed by atoms with E-state index in [1.54, 1.807) is 0 Å². The molecule has 1 aromatic heterocycles.